The lowest BCUT2D eigenvalue weighted by Gasteiger charge is -2.36. The van der Waals surface area contributed by atoms with Crippen LogP contribution >= 0.6 is 0 Å². The molecule has 3 N–H and O–H groups in total. The van der Waals surface area contributed by atoms with Gasteiger partial charge in [0, 0.05) is 32.6 Å². The van der Waals surface area contributed by atoms with Gasteiger partial charge in [0.15, 0.2) is 5.76 Å². The number of fused-ring (bicyclic) bond motifs is 1. The SMILES string of the molecule is Nc1nc(N[C@@H](Cc2ccccc2)C(=O)N2CCN(S(=O)(=O)c3ccccc3)CC2)nc2nc(-c3ccco3)nn12. The summed E-state index contributed by atoms with van der Waals surface area (Å²) in [4.78, 5) is 28.8. The fourth-order valence-corrected chi connectivity index (χ4v) is 6.14. The number of amides is 1. The molecule has 13 nitrogen and oxygen atoms in total. The van der Waals surface area contributed by atoms with Gasteiger partial charge in [-0.25, -0.2) is 8.42 Å². The Morgan fingerprint density at radius 3 is 2.32 bits per heavy atom. The topological polar surface area (TPSA) is 165 Å². The molecular formula is C27H27N9O4S. The molecule has 3 aromatic heterocycles. The lowest BCUT2D eigenvalue weighted by molar-refractivity contribution is -0.133. The van der Waals surface area contributed by atoms with Crippen LogP contribution in [0, 0.1) is 0 Å². The van der Waals surface area contributed by atoms with Crippen molar-refractivity contribution in [2.45, 2.75) is 17.4 Å². The zero-order chi connectivity index (χ0) is 28.4. The second-order valence-corrected chi connectivity index (χ2v) is 11.4. The van der Waals surface area contributed by atoms with Gasteiger partial charge in [0.05, 0.1) is 11.2 Å². The van der Waals surface area contributed by atoms with E-state index in [0.29, 0.717) is 18.0 Å². The van der Waals surface area contributed by atoms with Crippen LogP contribution in [-0.2, 0) is 21.2 Å². The second kappa shape index (κ2) is 11.0. The number of hydrogen-bond donors (Lipinski definition) is 2. The monoisotopic (exact) mass is 573 g/mol. The normalized spacial score (nSPS) is 15.2. The minimum Gasteiger partial charge on any atom is -0.461 e. The highest BCUT2D eigenvalue weighted by molar-refractivity contribution is 7.89. The Morgan fingerprint density at radius 1 is 0.927 bits per heavy atom. The van der Waals surface area contributed by atoms with Gasteiger partial charge in [0.2, 0.25) is 33.7 Å². The fraction of sp³-hybridized carbons (Fsp3) is 0.222. The summed E-state index contributed by atoms with van der Waals surface area (Å²) in [6.45, 7) is 0.866. The molecule has 6 rings (SSSR count). The van der Waals surface area contributed by atoms with Crippen molar-refractivity contribution in [3.05, 3.63) is 84.6 Å². The van der Waals surface area contributed by atoms with Crippen molar-refractivity contribution in [3.8, 4) is 11.6 Å². The highest BCUT2D eigenvalue weighted by Crippen LogP contribution is 2.20. The highest BCUT2D eigenvalue weighted by Gasteiger charge is 2.33. The Balaban J connectivity index is 1.22. The van der Waals surface area contributed by atoms with Crippen LogP contribution in [0.2, 0.25) is 0 Å². The number of aromatic nitrogens is 5. The van der Waals surface area contributed by atoms with Gasteiger partial charge >= 0.3 is 0 Å². The van der Waals surface area contributed by atoms with E-state index >= 15 is 0 Å². The predicted octanol–water partition coefficient (Wildman–Crippen LogP) is 1.92. The molecule has 1 aliphatic rings. The van der Waals surface area contributed by atoms with Gasteiger partial charge in [0.1, 0.15) is 6.04 Å². The predicted molar refractivity (Wildman–Crippen MR) is 150 cm³/mol. The summed E-state index contributed by atoms with van der Waals surface area (Å²) in [6, 6.07) is 20.5. The molecule has 1 fully saturated rings. The van der Waals surface area contributed by atoms with Crippen molar-refractivity contribution in [2.24, 2.45) is 0 Å². The average molecular weight is 574 g/mol. The third-order valence-electron chi connectivity index (χ3n) is 6.79. The van der Waals surface area contributed by atoms with Crippen molar-refractivity contribution >= 4 is 33.6 Å². The highest BCUT2D eigenvalue weighted by atomic mass is 32.2. The Kier molecular flexibility index (Phi) is 7.07. The molecule has 0 spiro atoms. The molecule has 0 unspecified atom stereocenters. The number of furan rings is 1. The van der Waals surface area contributed by atoms with E-state index in [1.807, 2.05) is 30.3 Å². The number of sulfonamides is 1. The van der Waals surface area contributed by atoms with Crippen LogP contribution in [0.1, 0.15) is 5.56 Å². The molecule has 5 aromatic rings. The second-order valence-electron chi connectivity index (χ2n) is 9.46. The van der Waals surface area contributed by atoms with Crippen LogP contribution in [-0.4, -0.2) is 80.3 Å². The minimum absolute atomic E-state index is 0.0356. The number of rotatable bonds is 8. The van der Waals surface area contributed by atoms with Gasteiger partial charge in [0.25, 0.3) is 5.78 Å². The van der Waals surface area contributed by atoms with Crippen molar-refractivity contribution < 1.29 is 17.6 Å². The maximum Gasteiger partial charge on any atom is 0.259 e. The van der Waals surface area contributed by atoms with E-state index in [1.165, 1.54) is 15.1 Å². The maximum absolute atomic E-state index is 13.8. The van der Waals surface area contributed by atoms with Crippen molar-refractivity contribution in [1.82, 2.24) is 33.8 Å². The van der Waals surface area contributed by atoms with E-state index in [4.69, 9.17) is 10.2 Å². The Bertz CT molecular complexity index is 1750. The van der Waals surface area contributed by atoms with Crippen LogP contribution in [0.4, 0.5) is 11.9 Å². The zero-order valence-corrected chi connectivity index (χ0v) is 22.7. The smallest absolute Gasteiger partial charge is 0.259 e. The van der Waals surface area contributed by atoms with E-state index in [0.717, 1.165) is 5.56 Å². The number of nitrogen functional groups attached to an aromatic ring is 1. The summed E-state index contributed by atoms with van der Waals surface area (Å²) in [5.41, 5.74) is 7.09. The molecule has 0 radical (unpaired) electrons. The van der Waals surface area contributed by atoms with E-state index in [-0.39, 0.29) is 54.7 Å². The first kappa shape index (κ1) is 26.4. The lowest BCUT2D eigenvalue weighted by Crippen LogP contribution is -2.54. The minimum atomic E-state index is -3.64. The number of hydrogen-bond acceptors (Lipinski definition) is 10. The zero-order valence-electron chi connectivity index (χ0n) is 21.9. The third kappa shape index (κ3) is 5.47. The average Bonchev–Trinajstić information content (AvgIpc) is 3.68. The summed E-state index contributed by atoms with van der Waals surface area (Å²) in [7, 11) is -3.64. The molecule has 1 amide bonds. The third-order valence-corrected chi connectivity index (χ3v) is 8.70. The van der Waals surface area contributed by atoms with Gasteiger partial charge in [-0.2, -0.15) is 23.8 Å². The van der Waals surface area contributed by atoms with Crippen molar-refractivity contribution in [3.63, 3.8) is 0 Å². The van der Waals surface area contributed by atoms with Gasteiger partial charge in [-0.1, -0.05) is 48.5 Å². The van der Waals surface area contributed by atoms with E-state index in [1.54, 1.807) is 47.4 Å². The molecule has 0 bridgehead atoms. The molecule has 2 aromatic carbocycles. The summed E-state index contributed by atoms with van der Waals surface area (Å²) in [5, 5.41) is 7.44. The Hall–Kier alpha value is -4.82. The van der Waals surface area contributed by atoms with Gasteiger partial charge < -0.3 is 20.4 Å². The van der Waals surface area contributed by atoms with Gasteiger partial charge in [-0.15, -0.1) is 5.10 Å². The van der Waals surface area contributed by atoms with Crippen molar-refractivity contribution in [1.29, 1.82) is 0 Å². The first-order valence-corrected chi connectivity index (χ1v) is 14.4. The largest absolute Gasteiger partial charge is 0.461 e. The molecule has 0 aliphatic carbocycles. The van der Waals surface area contributed by atoms with Crippen LogP contribution in [0.15, 0.2) is 88.4 Å². The van der Waals surface area contributed by atoms with Crippen molar-refractivity contribution in [2.75, 3.05) is 37.2 Å². The van der Waals surface area contributed by atoms with E-state index in [2.05, 4.69) is 25.4 Å². The van der Waals surface area contributed by atoms with Gasteiger partial charge in [-0.3, -0.25) is 4.79 Å². The van der Waals surface area contributed by atoms with Crippen LogP contribution in [0.5, 0.6) is 0 Å². The molecular weight excluding hydrogens is 546 g/mol. The van der Waals surface area contributed by atoms with E-state index < -0.39 is 16.1 Å². The number of piperazine rings is 1. The molecule has 210 valence electrons. The first-order chi connectivity index (χ1) is 19.9. The number of carbonyl (C=O) groups is 1. The van der Waals surface area contributed by atoms with Crippen LogP contribution in [0.25, 0.3) is 17.4 Å². The van der Waals surface area contributed by atoms with E-state index in [9.17, 15) is 13.2 Å². The first-order valence-electron chi connectivity index (χ1n) is 13.0. The molecule has 1 aliphatic heterocycles. The number of nitrogens with two attached hydrogens (primary N) is 1. The number of carbonyl (C=O) groups excluding carboxylic acids is 1. The quantitative estimate of drug-likeness (QED) is 0.280. The fourth-order valence-electron chi connectivity index (χ4n) is 4.70. The molecule has 14 heteroatoms. The summed E-state index contributed by atoms with van der Waals surface area (Å²) >= 11 is 0. The summed E-state index contributed by atoms with van der Waals surface area (Å²) in [5.74, 6) is 0.896. The molecule has 0 saturated carbocycles. The number of nitrogens with zero attached hydrogens (tertiary/aromatic N) is 7. The number of nitrogens with one attached hydrogen (secondary N) is 1. The Morgan fingerprint density at radius 2 is 1.63 bits per heavy atom. The summed E-state index contributed by atoms with van der Waals surface area (Å²) < 4.78 is 34.2. The number of benzene rings is 2. The lowest BCUT2D eigenvalue weighted by atomic mass is 10.0. The summed E-state index contributed by atoms with van der Waals surface area (Å²) in [6.07, 6.45) is 1.86. The molecule has 1 atom stereocenters. The Labute approximate surface area is 235 Å². The number of anilines is 2. The van der Waals surface area contributed by atoms with Crippen LogP contribution < -0.4 is 11.1 Å². The standard InChI is InChI=1S/C27H27N9O4S/c28-25-31-26(32-27-30-23(33-36(25)27)22-12-7-17-40-22)29-21(18-19-8-3-1-4-9-19)24(37)34-13-15-35(16-14-34)41(38,39)20-10-5-2-6-11-20/h1-12,17,21H,13-16,18H2,(H3,28,29,30,31,32,33)/t21-/m0/s1. The van der Waals surface area contributed by atoms with Gasteiger partial charge in [-0.05, 0) is 29.8 Å². The molecule has 1 saturated heterocycles. The van der Waals surface area contributed by atoms with Crippen LogP contribution in [0.3, 0.4) is 0 Å². The maximum atomic E-state index is 13.8. The molecule has 4 heterocycles. The molecule has 41 heavy (non-hydrogen) atoms.